The monoisotopic (exact) mass is 1080 g/mol. The van der Waals surface area contributed by atoms with Crippen molar-refractivity contribution in [1.82, 2.24) is 9.88 Å². The highest BCUT2D eigenvalue weighted by Gasteiger charge is 2.29. The average molecular weight is 1090 g/mol. The van der Waals surface area contributed by atoms with Crippen molar-refractivity contribution in [2.24, 2.45) is 9.98 Å². The van der Waals surface area contributed by atoms with Crippen molar-refractivity contribution in [2.45, 2.75) is 6.17 Å². The molecule has 15 rings (SSSR count). The quantitative estimate of drug-likeness (QED) is 0.130. The fraction of sp³-hybridized carbons (Fsp3) is 0.0123. The van der Waals surface area contributed by atoms with Gasteiger partial charge in [0, 0.05) is 44.2 Å². The smallest absolute Gasteiger partial charge is 0.159 e. The van der Waals surface area contributed by atoms with Crippen LogP contribution in [0, 0.1) is 0 Å². The number of rotatable bonds is 12. The van der Waals surface area contributed by atoms with Crippen molar-refractivity contribution in [2.75, 3.05) is 0 Å². The lowest BCUT2D eigenvalue weighted by Crippen LogP contribution is -2.33. The Bertz CT molecular complexity index is 4550. The van der Waals surface area contributed by atoms with E-state index in [0.29, 0.717) is 5.84 Å². The van der Waals surface area contributed by atoms with Crippen molar-refractivity contribution in [3.8, 4) is 94.7 Å². The van der Waals surface area contributed by atoms with E-state index >= 15 is 0 Å². The maximum atomic E-state index is 5.56. The zero-order valence-corrected chi connectivity index (χ0v) is 46.6. The average Bonchev–Trinajstić information content (AvgIpc) is 1.89. The number of hydrogen-bond donors (Lipinski definition) is 1. The minimum atomic E-state index is -0.446. The van der Waals surface area contributed by atoms with E-state index < -0.39 is 6.17 Å². The van der Waals surface area contributed by atoms with Gasteiger partial charge in [0.15, 0.2) is 5.84 Å². The summed E-state index contributed by atoms with van der Waals surface area (Å²) in [6, 6.07) is 118. The van der Waals surface area contributed by atoms with E-state index in [1.54, 1.807) is 0 Å². The first-order valence-electron chi connectivity index (χ1n) is 29.1. The Labute approximate surface area is 495 Å². The van der Waals surface area contributed by atoms with Gasteiger partial charge in [-0.25, -0.2) is 9.98 Å². The molecule has 2 heterocycles. The molecule has 4 nitrogen and oxygen atoms in total. The molecule has 0 saturated carbocycles. The van der Waals surface area contributed by atoms with Crippen LogP contribution in [0.1, 0.15) is 22.9 Å². The molecule has 85 heavy (non-hydrogen) atoms. The predicted octanol–water partition coefficient (Wildman–Crippen LogP) is 20.6. The lowest BCUT2D eigenvalue weighted by atomic mass is 9.91. The van der Waals surface area contributed by atoms with Gasteiger partial charge in [-0.05, 0) is 109 Å². The summed E-state index contributed by atoms with van der Waals surface area (Å²) in [6.45, 7) is 0. The molecule has 0 fully saturated rings. The van der Waals surface area contributed by atoms with Gasteiger partial charge in [-0.15, -0.1) is 0 Å². The number of fused-ring (bicyclic) bond motifs is 3. The van der Waals surface area contributed by atoms with Crippen molar-refractivity contribution in [3.63, 3.8) is 0 Å². The van der Waals surface area contributed by atoms with E-state index in [4.69, 9.17) is 9.98 Å². The van der Waals surface area contributed by atoms with Crippen molar-refractivity contribution in [3.05, 3.63) is 344 Å². The second kappa shape index (κ2) is 22.3. The number of benzene rings is 13. The van der Waals surface area contributed by atoms with E-state index in [0.717, 1.165) is 133 Å². The summed E-state index contributed by atoms with van der Waals surface area (Å²) in [4.78, 5) is 11.0. The predicted molar refractivity (Wildman–Crippen MR) is 356 cm³/mol. The van der Waals surface area contributed by atoms with Gasteiger partial charge >= 0.3 is 0 Å². The minimum Gasteiger partial charge on any atom is -0.344 e. The molecule has 400 valence electrons. The Balaban J connectivity index is 1.04. The van der Waals surface area contributed by atoms with Crippen LogP contribution in [0.2, 0.25) is 0 Å². The van der Waals surface area contributed by atoms with Crippen LogP contribution in [0.4, 0.5) is 0 Å². The summed E-state index contributed by atoms with van der Waals surface area (Å²) < 4.78 is 2.61. The second-order valence-electron chi connectivity index (χ2n) is 21.7. The highest BCUT2D eigenvalue weighted by Crippen LogP contribution is 2.49. The Morgan fingerprint density at radius 2 is 0.553 bits per heavy atom. The van der Waals surface area contributed by atoms with Gasteiger partial charge in [-0.2, -0.15) is 0 Å². The zero-order chi connectivity index (χ0) is 56.5. The third kappa shape index (κ3) is 9.82. The van der Waals surface area contributed by atoms with Crippen LogP contribution >= 0.6 is 0 Å². The normalized spacial score (nSPS) is 13.1. The molecule has 0 bridgehead atoms. The number of aliphatic imine (C=N–C) groups is 2. The second-order valence-corrected chi connectivity index (χ2v) is 21.7. The van der Waals surface area contributed by atoms with Gasteiger partial charge in [-0.3, -0.25) is 0 Å². The first kappa shape index (κ1) is 50.7. The molecule has 13 aromatic carbocycles. The van der Waals surface area contributed by atoms with Crippen LogP contribution in [0.15, 0.2) is 338 Å². The first-order valence-corrected chi connectivity index (χ1v) is 29.1. The summed E-state index contributed by atoms with van der Waals surface area (Å²) >= 11 is 0. The lowest BCUT2D eigenvalue weighted by Gasteiger charge is -2.26. The molecule has 1 unspecified atom stereocenters. The van der Waals surface area contributed by atoms with Gasteiger partial charge in [0.2, 0.25) is 0 Å². The van der Waals surface area contributed by atoms with Crippen LogP contribution in [0.25, 0.3) is 117 Å². The molecule has 1 aliphatic heterocycles. The Kier molecular flexibility index (Phi) is 13.3. The number of nitrogens with one attached hydrogen (secondary N) is 1. The Morgan fingerprint density at radius 3 is 0.929 bits per heavy atom. The maximum absolute atomic E-state index is 5.56. The molecular formula is C81H56N4. The third-order valence-corrected chi connectivity index (χ3v) is 16.4. The maximum Gasteiger partial charge on any atom is 0.159 e. The van der Waals surface area contributed by atoms with Gasteiger partial charge in [-0.1, -0.05) is 291 Å². The summed E-state index contributed by atoms with van der Waals surface area (Å²) in [7, 11) is 0. The Hall–Kier alpha value is -11.2. The lowest BCUT2D eigenvalue weighted by molar-refractivity contribution is 0.674. The van der Waals surface area contributed by atoms with E-state index in [1.807, 2.05) is 0 Å². The fourth-order valence-electron chi connectivity index (χ4n) is 12.3. The van der Waals surface area contributed by atoms with E-state index in [9.17, 15) is 0 Å². The van der Waals surface area contributed by atoms with Gasteiger partial charge < -0.3 is 9.88 Å². The van der Waals surface area contributed by atoms with Crippen LogP contribution < -0.4 is 5.32 Å². The topological polar surface area (TPSA) is 41.7 Å². The summed E-state index contributed by atoms with van der Waals surface area (Å²) in [5.41, 5.74) is 24.2. The molecule has 1 aliphatic rings. The summed E-state index contributed by atoms with van der Waals surface area (Å²) in [5.74, 6) is 1.38. The van der Waals surface area contributed by atoms with Gasteiger partial charge in [0.1, 0.15) is 12.0 Å². The molecule has 1 atom stereocenters. The number of hydrogen-bond acceptors (Lipinski definition) is 3. The van der Waals surface area contributed by atoms with Crippen LogP contribution in [0.3, 0.4) is 0 Å². The van der Waals surface area contributed by atoms with Crippen molar-refractivity contribution >= 4 is 33.5 Å². The van der Waals surface area contributed by atoms with Gasteiger partial charge in [0.05, 0.1) is 16.7 Å². The third-order valence-electron chi connectivity index (χ3n) is 16.4. The number of aromatic nitrogens is 1. The van der Waals surface area contributed by atoms with E-state index in [-0.39, 0.29) is 0 Å². The molecule has 0 amide bonds. The van der Waals surface area contributed by atoms with Crippen LogP contribution in [0.5, 0.6) is 0 Å². The highest BCUT2D eigenvalue weighted by atomic mass is 15.2. The SMILES string of the molecule is c1ccc(-c2ccc(C3=NC(c4ccc(-c5ccccc5)cc4)NC(c4cc(-c5ccccc5)c(-n5c6c(-c7ccccc7)cc(-c7ccccc7)cc6c6cc(-c7ccccc7)cc(-c7ccccc7)c65)c(-c5ccccc5)c4)=N3)cc2)cc1. The molecule has 0 spiro atoms. The highest BCUT2D eigenvalue weighted by molar-refractivity contribution is 6.21. The first-order chi connectivity index (χ1) is 42.1. The molecule has 0 saturated heterocycles. The number of nitrogens with zero attached hydrogens (tertiary/aromatic N) is 3. The molecule has 4 heteroatoms. The van der Waals surface area contributed by atoms with Gasteiger partial charge in [0.25, 0.3) is 0 Å². The van der Waals surface area contributed by atoms with Crippen LogP contribution in [-0.4, -0.2) is 16.2 Å². The largest absolute Gasteiger partial charge is 0.344 e. The zero-order valence-electron chi connectivity index (χ0n) is 46.6. The van der Waals surface area contributed by atoms with E-state index in [1.165, 1.54) is 5.56 Å². The standard InChI is InChI=1S/C81H56N4/c1-9-25-55(26-10-1)59-41-45-65(46-42-59)79-82-80(66-47-43-60(44-48-66)56-27-11-2-12-28-56)84-81(83-79)69-53-72(63-37-21-7-22-38-63)76(73(54-69)64-39-23-8-24-40-64)85-77-70(61-33-17-5-18-34-61)49-67(57-29-13-3-14-30-57)51-74(77)75-52-68(58-31-15-4-16-32-58)50-71(78(75)85)62-35-19-6-20-36-62/h1-54,79H,(H,82,83,84). The number of amidine groups is 2. The van der Waals surface area contributed by atoms with Crippen molar-refractivity contribution in [1.29, 1.82) is 0 Å². The summed E-state index contributed by atoms with van der Waals surface area (Å²) in [5, 5.41) is 6.23. The molecular weight excluding hydrogens is 1030 g/mol. The van der Waals surface area contributed by atoms with Crippen LogP contribution in [-0.2, 0) is 0 Å². The van der Waals surface area contributed by atoms with E-state index in [2.05, 4.69) is 337 Å². The summed E-state index contributed by atoms with van der Waals surface area (Å²) in [6.07, 6.45) is -0.446. The fourth-order valence-corrected chi connectivity index (χ4v) is 12.3. The molecule has 0 aliphatic carbocycles. The van der Waals surface area contributed by atoms with Crippen molar-refractivity contribution < 1.29 is 0 Å². The molecule has 0 radical (unpaired) electrons. The molecule has 14 aromatic rings. The molecule has 1 aromatic heterocycles. The Morgan fingerprint density at radius 1 is 0.259 bits per heavy atom. The minimum absolute atomic E-state index is 0.446. The molecule has 1 N–H and O–H groups in total.